The molecule has 0 atom stereocenters. The maximum atomic E-state index is 4.22. The van der Waals surface area contributed by atoms with Crippen molar-refractivity contribution in [1.29, 1.82) is 0 Å². The molecule has 3 aromatic heterocycles. The van der Waals surface area contributed by atoms with Crippen molar-refractivity contribution in [1.82, 2.24) is 9.38 Å². The zero-order chi connectivity index (χ0) is 30.5. The molecule has 0 unspecified atom stereocenters. The number of nitrogens with zero attached hydrogens (tertiary/aromatic N) is 4. The van der Waals surface area contributed by atoms with Crippen molar-refractivity contribution < 1.29 is 20.1 Å². The van der Waals surface area contributed by atoms with Crippen LogP contribution in [0.2, 0.25) is 0 Å². The van der Waals surface area contributed by atoms with Crippen molar-refractivity contribution in [3.8, 4) is 11.3 Å². The van der Waals surface area contributed by atoms with Gasteiger partial charge in [-0.05, 0) is 47.5 Å². The van der Waals surface area contributed by atoms with E-state index in [2.05, 4.69) is 147 Å². The second kappa shape index (κ2) is 12.0. The Balaban J connectivity index is 0.000000212. The average Bonchev–Trinajstić information content (AvgIpc) is 3.81. The predicted molar refractivity (Wildman–Crippen MR) is 190 cm³/mol. The van der Waals surface area contributed by atoms with Gasteiger partial charge in [0.15, 0.2) is 0 Å². The Morgan fingerprint density at radius 2 is 1.26 bits per heavy atom. The number of anilines is 4. The SMILES string of the molecule is [Ir+3].[c-]1ccc2c(c1N1[CH-]N(c3ccccc3)c3ccccc31)c1cccc3c4ccccc4n2c31.[c-]1ccccc1-c1ccccn1. The molecule has 10 rings (SSSR count). The molecule has 0 radical (unpaired) electrons. The fourth-order valence-electron chi connectivity index (χ4n) is 6.75. The minimum Gasteiger partial charge on any atom is -0.493 e. The summed E-state index contributed by atoms with van der Waals surface area (Å²) in [6.45, 7) is 2.19. The van der Waals surface area contributed by atoms with Crippen molar-refractivity contribution in [2.24, 2.45) is 0 Å². The van der Waals surface area contributed by atoms with Gasteiger partial charge in [0.1, 0.15) is 0 Å². The number of aromatic nitrogens is 2. The van der Waals surface area contributed by atoms with Crippen molar-refractivity contribution in [3.05, 3.63) is 177 Å². The molecule has 224 valence electrons. The summed E-state index contributed by atoms with van der Waals surface area (Å²) in [5.74, 6) is 0. The van der Waals surface area contributed by atoms with Gasteiger partial charge < -0.3 is 19.2 Å². The van der Waals surface area contributed by atoms with Crippen molar-refractivity contribution in [2.75, 3.05) is 9.80 Å². The Morgan fingerprint density at radius 1 is 0.532 bits per heavy atom. The maximum Gasteiger partial charge on any atom is 3.00 e. The molecular formula is C42H27IrN4. The van der Waals surface area contributed by atoms with Crippen LogP contribution in [0.25, 0.3) is 49.4 Å². The van der Waals surface area contributed by atoms with Gasteiger partial charge in [-0.3, -0.25) is 0 Å². The number of hydrogen-bond donors (Lipinski definition) is 0. The van der Waals surface area contributed by atoms with Crippen molar-refractivity contribution in [3.63, 3.8) is 0 Å². The third-order valence-electron chi connectivity index (χ3n) is 8.72. The van der Waals surface area contributed by atoms with E-state index in [0.29, 0.717) is 0 Å². The quantitative estimate of drug-likeness (QED) is 0.167. The van der Waals surface area contributed by atoms with Crippen LogP contribution >= 0.6 is 0 Å². The van der Waals surface area contributed by atoms with Crippen molar-refractivity contribution in [2.45, 2.75) is 0 Å². The van der Waals surface area contributed by atoms with Crippen LogP contribution in [0, 0.1) is 18.8 Å². The first-order valence-corrected chi connectivity index (χ1v) is 15.4. The minimum atomic E-state index is 0. The fraction of sp³-hybridized carbons (Fsp3) is 0. The molecule has 0 spiro atoms. The molecule has 47 heavy (non-hydrogen) atoms. The van der Waals surface area contributed by atoms with E-state index >= 15 is 0 Å². The first-order chi connectivity index (χ1) is 22.9. The van der Waals surface area contributed by atoms with Gasteiger partial charge in [0.25, 0.3) is 0 Å². The standard InChI is InChI=1S/C31H19N3.C11H8N.Ir/c1-2-10-21(11-3-1)32-20-33(27-17-7-6-16-26(27)32)28-18-9-19-29-30(28)24-14-8-13-23-22-12-4-5-15-25(22)34(29)31(23)24;1-2-6-10(7-3-1)11-8-4-5-9-12-11;/h1-17,19-20H;1-6,8-9H;/q-2;-1;+3. The van der Waals surface area contributed by atoms with E-state index in [1.54, 1.807) is 6.20 Å². The second-order valence-electron chi connectivity index (χ2n) is 11.3. The van der Waals surface area contributed by atoms with Gasteiger partial charge in [-0.1, -0.05) is 95.5 Å². The Kier molecular flexibility index (Phi) is 7.41. The van der Waals surface area contributed by atoms with Crippen LogP contribution in [0.5, 0.6) is 0 Å². The summed E-state index contributed by atoms with van der Waals surface area (Å²) in [4.78, 5) is 8.76. The minimum absolute atomic E-state index is 0. The van der Waals surface area contributed by atoms with Crippen LogP contribution in [0.1, 0.15) is 0 Å². The smallest absolute Gasteiger partial charge is 0.493 e. The summed E-state index contributed by atoms with van der Waals surface area (Å²) >= 11 is 0. The summed E-state index contributed by atoms with van der Waals surface area (Å²) in [6.07, 6.45) is 1.79. The Hall–Kier alpha value is -5.48. The van der Waals surface area contributed by atoms with Gasteiger partial charge in [-0.2, -0.15) is 12.1 Å². The fourth-order valence-corrected chi connectivity index (χ4v) is 6.75. The van der Waals surface area contributed by atoms with Crippen LogP contribution in [-0.2, 0) is 20.1 Å². The molecular weight excluding hydrogens is 753 g/mol. The number of hydrogen-bond acceptors (Lipinski definition) is 3. The summed E-state index contributed by atoms with van der Waals surface area (Å²) in [5, 5.41) is 5.09. The first kappa shape index (κ1) is 29.0. The van der Waals surface area contributed by atoms with Crippen LogP contribution in [-0.4, -0.2) is 9.38 Å². The molecule has 4 heterocycles. The topological polar surface area (TPSA) is 23.8 Å². The van der Waals surface area contributed by atoms with E-state index in [9.17, 15) is 0 Å². The van der Waals surface area contributed by atoms with E-state index in [0.717, 1.165) is 28.3 Å². The molecule has 0 bridgehead atoms. The molecule has 1 aliphatic heterocycles. The number of benzene rings is 6. The van der Waals surface area contributed by atoms with E-state index < -0.39 is 0 Å². The third-order valence-corrected chi connectivity index (χ3v) is 8.72. The molecule has 6 aromatic carbocycles. The number of para-hydroxylation sites is 5. The molecule has 0 aliphatic carbocycles. The molecule has 0 fully saturated rings. The summed E-state index contributed by atoms with van der Waals surface area (Å²) in [5.41, 5.74) is 10.3. The number of pyridine rings is 1. The molecule has 5 heteroatoms. The molecule has 1 aliphatic rings. The van der Waals surface area contributed by atoms with Gasteiger partial charge in [0.2, 0.25) is 0 Å². The van der Waals surface area contributed by atoms with Crippen molar-refractivity contribution >= 4 is 60.8 Å². The second-order valence-corrected chi connectivity index (χ2v) is 11.3. The molecule has 0 N–H and O–H groups in total. The largest absolute Gasteiger partial charge is 3.00 e. The van der Waals surface area contributed by atoms with Crippen LogP contribution in [0.3, 0.4) is 0 Å². The van der Waals surface area contributed by atoms with Gasteiger partial charge in [-0.15, -0.1) is 48.6 Å². The molecule has 0 saturated heterocycles. The Morgan fingerprint density at radius 3 is 2.06 bits per heavy atom. The molecule has 9 aromatic rings. The summed E-state index contributed by atoms with van der Waals surface area (Å²) in [6, 6.07) is 59.1. The van der Waals surface area contributed by atoms with Crippen LogP contribution < -0.4 is 9.80 Å². The monoisotopic (exact) mass is 780 g/mol. The van der Waals surface area contributed by atoms with E-state index in [-0.39, 0.29) is 20.1 Å². The zero-order valence-electron chi connectivity index (χ0n) is 25.2. The van der Waals surface area contributed by atoms with Gasteiger partial charge in [0.05, 0.1) is 5.52 Å². The van der Waals surface area contributed by atoms with Crippen LogP contribution in [0.15, 0.2) is 158 Å². The molecule has 0 amide bonds. The number of fused-ring (bicyclic) bond motifs is 7. The zero-order valence-corrected chi connectivity index (χ0v) is 27.6. The molecule has 0 saturated carbocycles. The normalized spacial score (nSPS) is 12.3. The number of rotatable bonds is 3. The average molecular weight is 780 g/mol. The summed E-state index contributed by atoms with van der Waals surface area (Å²) in [7, 11) is 0. The Bertz CT molecular complexity index is 2420. The van der Waals surface area contributed by atoms with E-state index in [1.807, 2.05) is 42.5 Å². The summed E-state index contributed by atoms with van der Waals surface area (Å²) < 4.78 is 2.42. The van der Waals surface area contributed by atoms with Gasteiger partial charge >= 0.3 is 20.1 Å². The van der Waals surface area contributed by atoms with E-state index in [1.165, 1.54) is 43.8 Å². The van der Waals surface area contributed by atoms with Crippen LogP contribution in [0.4, 0.5) is 22.7 Å². The predicted octanol–water partition coefficient (Wildman–Crippen LogP) is 10.6. The van der Waals surface area contributed by atoms with Gasteiger partial charge in [-0.25, -0.2) is 0 Å². The first-order valence-electron chi connectivity index (χ1n) is 15.4. The van der Waals surface area contributed by atoms with Gasteiger partial charge in [0, 0.05) is 39.5 Å². The maximum absolute atomic E-state index is 4.22. The molecule has 4 nitrogen and oxygen atoms in total. The Labute approximate surface area is 286 Å². The third kappa shape index (κ3) is 4.75. The van der Waals surface area contributed by atoms with E-state index in [4.69, 9.17) is 0 Å².